The molecule has 10 heteroatoms. The number of rotatable bonds is 4. The fraction of sp³-hybridized carbons (Fsp3) is 0.294. The Hall–Kier alpha value is -1.90. The molecule has 144 valence electrons. The van der Waals surface area contributed by atoms with Gasteiger partial charge in [-0.15, -0.1) is 11.3 Å². The van der Waals surface area contributed by atoms with E-state index in [9.17, 15) is 18.4 Å². The molecule has 0 unspecified atom stereocenters. The van der Waals surface area contributed by atoms with Gasteiger partial charge in [0.05, 0.1) is 15.5 Å². The summed E-state index contributed by atoms with van der Waals surface area (Å²) < 4.78 is 30.2. The first-order valence-corrected chi connectivity index (χ1v) is 9.51. The largest absolute Gasteiger partial charge is 0.434 e. The van der Waals surface area contributed by atoms with Gasteiger partial charge in [0.1, 0.15) is 10.1 Å². The van der Waals surface area contributed by atoms with E-state index in [4.69, 9.17) is 23.2 Å². The zero-order valence-corrected chi connectivity index (χ0v) is 16.2. The van der Waals surface area contributed by atoms with E-state index < -0.39 is 12.5 Å². The van der Waals surface area contributed by atoms with Gasteiger partial charge in [-0.1, -0.05) is 35.3 Å². The minimum atomic E-state index is -3.02. The standard InChI is InChI=1S/C17H14Cl2F2N2O3S/c18-13-9-11(14(19)27-13)16(25)23-7-5-22(6-8-23)15(24)10-3-1-2-4-12(10)26-17(20)21/h1-4,9,17H,5-8H2. The zero-order valence-electron chi connectivity index (χ0n) is 13.8. The minimum absolute atomic E-state index is 0.0604. The number of halogens is 4. The molecule has 0 N–H and O–H groups in total. The van der Waals surface area contributed by atoms with Crippen LogP contribution in [0.1, 0.15) is 20.7 Å². The molecule has 0 radical (unpaired) electrons. The van der Waals surface area contributed by atoms with E-state index >= 15 is 0 Å². The molecule has 0 saturated carbocycles. The molecule has 1 fully saturated rings. The van der Waals surface area contributed by atoms with Crippen LogP contribution in [-0.4, -0.2) is 54.4 Å². The van der Waals surface area contributed by atoms with Gasteiger partial charge in [0.2, 0.25) is 0 Å². The van der Waals surface area contributed by atoms with Crippen molar-refractivity contribution in [3.63, 3.8) is 0 Å². The quantitative estimate of drug-likeness (QED) is 0.722. The van der Waals surface area contributed by atoms with Crippen LogP contribution in [0.2, 0.25) is 8.67 Å². The first-order valence-electron chi connectivity index (χ1n) is 7.94. The van der Waals surface area contributed by atoms with Gasteiger partial charge in [-0.25, -0.2) is 0 Å². The van der Waals surface area contributed by atoms with E-state index in [0.717, 1.165) is 11.3 Å². The lowest BCUT2D eigenvalue weighted by Crippen LogP contribution is -2.50. The summed E-state index contributed by atoms with van der Waals surface area (Å²) >= 11 is 13.0. The maximum atomic E-state index is 12.7. The summed E-state index contributed by atoms with van der Waals surface area (Å²) in [5.41, 5.74) is 0.396. The number of nitrogens with zero attached hydrogens (tertiary/aromatic N) is 2. The number of carbonyl (C=O) groups excluding carboxylic acids is 2. The van der Waals surface area contributed by atoms with Crippen molar-refractivity contribution < 1.29 is 23.1 Å². The van der Waals surface area contributed by atoms with Gasteiger partial charge >= 0.3 is 6.61 Å². The van der Waals surface area contributed by atoms with Crippen LogP contribution >= 0.6 is 34.5 Å². The van der Waals surface area contributed by atoms with Gasteiger partial charge in [-0.2, -0.15) is 8.78 Å². The van der Waals surface area contributed by atoms with E-state index in [-0.39, 0.29) is 30.3 Å². The smallest absolute Gasteiger partial charge is 0.387 e. The van der Waals surface area contributed by atoms with Crippen molar-refractivity contribution in [2.45, 2.75) is 6.61 Å². The van der Waals surface area contributed by atoms with Crippen molar-refractivity contribution in [2.24, 2.45) is 0 Å². The average molecular weight is 435 g/mol. The monoisotopic (exact) mass is 434 g/mol. The van der Waals surface area contributed by atoms with Crippen LogP contribution in [0, 0.1) is 0 Å². The Balaban J connectivity index is 1.66. The third-order valence-corrected chi connectivity index (χ3v) is 5.56. The molecule has 0 atom stereocenters. The summed E-state index contributed by atoms with van der Waals surface area (Å²) in [7, 11) is 0. The second-order valence-electron chi connectivity index (χ2n) is 5.70. The molecule has 1 aromatic heterocycles. The maximum Gasteiger partial charge on any atom is 0.387 e. The Labute approximate surface area is 168 Å². The van der Waals surface area contributed by atoms with Gasteiger partial charge in [0, 0.05) is 26.2 Å². The van der Waals surface area contributed by atoms with E-state index in [2.05, 4.69) is 4.74 Å². The Morgan fingerprint density at radius 2 is 1.56 bits per heavy atom. The molecule has 1 aliphatic heterocycles. The van der Waals surface area contributed by atoms with Crippen LogP contribution in [0.3, 0.4) is 0 Å². The fourth-order valence-corrected chi connectivity index (χ4v) is 4.23. The number of carbonyl (C=O) groups is 2. The predicted molar refractivity (Wildman–Crippen MR) is 99.2 cm³/mol. The lowest BCUT2D eigenvalue weighted by molar-refractivity contribution is -0.0503. The number of benzene rings is 1. The summed E-state index contributed by atoms with van der Waals surface area (Å²) in [4.78, 5) is 28.3. The molecular weight excluding hydrogens is 421 g/mol. The molecule has 1 saturated heterocycles. The molecular formula is C17H14Cl2F2N2O3S. The molecule has 2 heterocycles. The van der Waals surface area contributed by atoms with Crippen LogP contribution in [0.5, 0.6) is 5.75 Å². The molecule has 0 bridgehead atoms. The number of thiophene rings is 1. The molecule has 27 heavy (non-hydrogen) atoms. The highest BCUT2D eigenvalue weighted by Gasteiger charge is 2.28. The van der Waals surface area contributed by atoms with Crippen molar-refractivity contribution in [3.8, 4) is 5.75 Å². The molecule has 2 aromatic rings. The van der Waals surface area contributed by atoms with Gasteiger partial charge in [-0.3, -0.25) is 9.59 Å². The van der Waals surface area contributed by atoms with Crippen molar-refractivity contribution in [3.05, 3.63) is 50.1 Å². The first kappa shape index (κ1) is 19.9. The van der Waals surface area contributed by atoms with Crippen molar-refractivity contribution >= 4 is 46.4 Å². The third-order valence-electron chi connectivity index (χ3n) is 4.07. The van der Waals surface area contributed by atoms with Gasteiger partial charge in [0.25, 0.3) is 11.8 Å². The highest BCUT2D eigenvalue weighted by Crippen LogP contribution is 2.32. The van der Waals surface area contributed by atoms with Gasteiger partial charge < -0.3 is 14.5 Å². The number of hydrogen-bond acceptors (Lipinski definition) is 4. The van der Waals surface area contributed by atoms with Crippen LogP contribution in [0.4, 0.5) is 8.78 Å². The van der Waals surface area contributed by atoms with E-state index in [0.29, 0.717) is 27.3 Å². The second-order valence-corrected chi connectivity index (χ2v) is 7.98. The van der Waals surface area contributed by atoms with Crippen LogP contribution in [0.25, 0.3) is 0 Å². The maximum absolute atomic E-state index is 12.7. The Morgan fingerprint density at radius 1 is 1.00 bits per heavy atom. The molecule has 2 amide bonds. The number of hydrogen-bond donors (Lipinski definition) is 0. The molecule has 3 rings (SSSR count). The topological polar surface area (TPSA) is 49.9 Å². The van der Waals surface area contributed by atoms with Gasteiger partial charge in [0.15, 0.2) is 0 Å². The highest BCUT2D eigenvalue weighted by molar-refractivity contribution is 7.20. The molecule has 0 aliphatic carbocycles. The SMILES string of the molecule is O=C(c1ccccc1OC(F)F)N1CCN(C(=O)c2cc(Cl)sc2Cl)CC1. The van der Waals surface area contributed by atoms with Crippen LogP contribution in [-0.2, 0) is 0 Å². The van der Waals surface area contributed by atoms with Crippen molar-refractivity contribution in [1.82, 2.24) is 9.80 Å². The van der Waals surface area contributed by atoms with E-state index in [1.807, 2.05) is 0 Å². The number of amides is 2. The molecule has 1 aromatic carbocycles. The number of alkyl halides is 2. The molecule has 1 aliphatic rings. The normalized spacial score (nSPS) is 14.6. The summed E-state index contributed by atoms with van der Waals surface area (Å²) in [6.07, 6.45) is 0. The first-order chi connectivity index (χ1) is 12.9. The van der Waals surface area contributed by atoms with Crippen LogP contribution in [0.15, 0.2) is 30.3 Å². The number of ether oxygens (including phenoxy) is 1. The van der Waals surface area contributed by atoms with E-state index in [1.165, 1.54) is 29.2 Å². The zero-order chi connectivity index (χ0) is 19.6. The lowest BCUT2D eigenvalue weighted by Gasteiger charge is -2.35. The summed E-state index contributed by atoms with van der Waals surface area (Å²) in [5.74, 6) is -0.845. The Bertz CT molecular complexity index is 854. The lowest BCUT2D eigenvalue weighted by atomic mass is 10.1. The fourth-order valence-electron chi connectivity index (χ4n) is 2.78. The third kappa shape index (κ3) is 4.51. The predicted octanol–water partition coefficient (Wildman–Crippen LogP) is 4.25. The Morgan fingerprint density at radius 3 is 2.07 bits per heavy atom. The van der Waals surface area contributed by atoms with Gasteiger partial charge in [-0.05, 0) is 18.2 Å². The number of piperazine rings is 1. The van der Waals surface area contributed by atoms with Crippen molar-refractivity contribution in [2.75, 3.05) is 26.2 Å². The molecule has 5 nitrogen and oxygen atoms in total. The molecule has 0 spiro atoms. The van der Waals surface area contributed by atoms with E-state index in [1.54, 1.807) is 11.0 Å². The van der Waals surface area contributed by atoms with Crippen molar-refractivity contribution in [1.29, 1.82) is 0 Å². The minimum Gasteiger partial charge on any atom is -0.434 e. The summed E-state index contributed by atoms with van der Waals surface area (Å²) in [6, 6.07) is 7.37. The number of para-hydroxylation sites is 1. The summed E-state index contributed by atoms with van der Waals surface area (Å²) in [6.45, 7) is -1.89. The highest BCUT2D eigenvalue weighted by atomic mass is 35.5. The van der Waals surface area contributed by atoms with Crippen LogP contribution < -0.4 is 4.74 Å². The second kappa shape index (κ2) is 8.41. The average Bonchev–Trinajstić information content (AvgIpc) is 2.99. The summed E-state index contributed by atoms with van der Waals surface area (Å²) in [5, 5.41) is 0. The Kier molecular flexibility index (Phi) is 6.18.